The van der Waals surface area contributed by atoms with Crippen molar-refractivity contribution in [3.05, 3.63) is 54.1 Å². The highest BCUT2D eigenvalue weighted by atomic mass is 15.6. The Balaban J connectivity index is 1.98. The summed E-state index contributed by atoms with van der Waals surface area (Å²) in [6, 6.07) is 16.9. The summed E-state index contributed by atoms with van der Waals surface area (Å²) < 4.78 is 0. The van der Waals surface area contributed by atoms with Crippen molar-refractivity contribution >= 4 is 0 Å². The van der Waals surface area contributed by atoms with Crippen LogP contribution in [0.5, 0.6) is 0 Å². The minimum Gasteiger partial charge on any atom is -0.167 e. The number of hydrogen-bond acceptors (Lipinski definition) is 3. The van der Waals surface area contributed by atoms with Crippen molar-refractivity contribution in [1.29, 1.82) is 0 Å². The van der Waals surface area contributed by atoms with Gasteiger partial charge in [-0.2, -0.15) is 4.80 Å². The molecular formula is C16H16N4. The van der Waals surface area contributed by atoms with Gasteiger partial charge >= 0.3 is 0 Å². The Hall–Kier alpha value is -2.49. The van der Waals surface area contributed by atoms with Crippen LogP contribution in [0.1, 0.15) is 12.5 Å². The van der Waals surface area contributed by atoms with Gasteiger partial charge in [0, 0.05) is 5.56 Å². The zero-order chi connectivity index (χ0) is 13.9. The predicted molar refractivity (Wildman–Crippen MR) is 79.0 cm³/mol. The van der Waals surface area contributed by atoms with Crippen LogP contribution in [0, 0.1) is 0 Å². The monoisotopic (exact) mass is 264 g/mol. The van der Waals surface area contributed by atoms with E-state index in [1.807, 2.05) is 12.1 Å². The number of aromatic nitrogens is 4. The van der Waals surface area contributed by atoms with Crippen LogP contribution in [0.3, 0.4) is 0 Å². The van der Waals surface area contributed by atoms with Crippen molar-refractivity contribution in [3.8, 4) is 22.5 Å². The van der Waals surface area contributed by atoms with E-state index in [0.29, 0.717) is 5.82 Å². The summed E-state index contributed by atoms with van der Waals surface area (Å²) in [7, 11) is 1.77. The average Bonchev–Trinajstić information content (AvgIpc) is 2.94. The van der Waals surface area contributed by atoms with Crippen LogP contribution in [-0.2, 0) is 13.5 Å². The van der Waals surface area contributed by atoms with Gasteiger partial charge in [0.15, 0.2) is 0 Å². The standard InChI is InChI=1S/C16H16N4/c1-3-12-7-9-13(10-8-12)14-5-4-6-15(11-14)16-17-19-20(2)18-16/h4-11H,3H2,1-2H3. The molecule has 0 atom stereocenters. The number of tetrazole rings is 1. The molecule has 3 aromatic rings. The number of nitrogens with zero attached hydrogens (tertiary/aromatic N) is 4. The number of hydrogen-bond donors (Lipinski definition) is 0. The summed E-state index contributed by atoms with van der Waals surface area (Å²) in [6.45, 7) is 2.16. The Bertz CT molecular complexity index is 713. The van der Waals surface area contributed by atoms with Crippen molar-refractivity contribution in [3.63, 3.8) is 0 Å². The molecule has 0 N–H and O–H groups in total. The lowest BCUT2D eigenvalue weighted by molar-refractivity contribution is 0.630. The van der Waals surface area contributed by atoms with Gasteiger partial charge in [-0.15, -0.1) is 10.2 Å². The van der Waals surface area contributed by atoms with E-state index in [-0.39, 0.29) is 0 Å². The first-order valence-corrected chi connectivity index (χ1v) is 6.70. The molecule has 0 bridgehead atoms. The van der Waals surface area contributed by atoms with E-state index in [9.17, 15) is 0 Å². The van der Waals surface area contributed by atoms with E-state index < -0.39 is 0 Å². The van der Waals surface area contributed by atoms with Gasteiger partial charge in [-0.3, -0.25) is 0 Å². The molecule has 0 saturated heterocycles. The second kappa shape index (κ2) is 5.25. The summed E-state index contributed by atoms with van der Waals surface area (Å²) in [5, 5.41) is 12.2. The van der Waals surface area contributed by atoms with E-state index in [0.717, 1.165) is 17.5 Å². The molecule has 0 unspecified atom stereocenters. The van der Waals surface area contributed by atoms with E-state index >= 15 is 0 Å². The Morgan fingerprint density at radius 2 is 1.70 bits per heavy atom. The van der Waals surface area contributed by atoms with Crippen LogP contribution in [0.15, 0.2) is 48.5 Å². The molecule has 100 valence electrons. The van der Waals surface area contributed by atoms with Gasteiger partial charge in [0.2, 0.25) is 5.82 Å². The molecule has 2 aromatic carbocycles. The van der Waals surface area contributed by atoms with Crippen LogP contribution in [-0.4, -0.2) is 20.2 Å². The molecule has 1 heterocycles. The Morgan fingerprint density at radius 3 is 2.35 bits per heavy atom. The lowest BCUT2D eigenvalue weighted by atomic mass is 10.0. The maximum Gasteiger partial charge on any atom is 0.204 e. The van der Waals surface area contributed by atoms with Crippen molar-refractivity contribution in [2.75, 3.05) is 0 Å². The molecule has 0 aliphatic carbocycles. The topological polar surface area (TPSA) is 43.6 Å². The second-order valence-electron chi connectivity index (χ2n) is 4.73. The molecule has 0 aliphatic heterocycles. The van der Waals surface area contributed by atoms with Crippen molar-refractivity contribution in [1.82, 2.24) is 20.2 Å². The summed E-state index contributed by atoms with van der Waals surface area (Å²) in [5.74, 6) is 0.652. The molecule has 1 aromatic heterocycles. The number of rotatable bonds is 3. The van der Waals surface area contributed by atoms with Gasteiger partial charge in [0.05, 0.1) is 7.05 Å². The molecular weight excluding hydrogens is 248 g/mol. The smallest absolute Gasteiger partial charge is 0.167 e. The molecule has 20 heavy (non-hydrogen) atoms. The molecule has 0 amide bonds. The van der Waals surface area contributed by atoms with E-state index in [1.165, 1.54) is 15.9 Å². The average molecular weight is 264 g/mol. The van der Waals surface area contributed by atoms with Crippen LogP contribution in [0.25, 0.3) is 22.5 Å². The Kier molecular flexibility index (Phi) is 3.29. The van der Waals surface area contributed by atoms with Crippen molar-refractivity contribution in [2.24, 2.45) is 7.05 Å². The molecule has 0 radical (unpaired) electrons. The summed E-state index contributed by atoms with van der Waals surface area (Å²) in [5.41, 5.74) is 4.70. The van der Waals surface area contributed by atoms with Gasteiger partial charge in [0.1, 0.15) is 0 Å². The van der Waals surface area contributed by atoms with Crippen LogP contribution < -0.4 is 0 Å². The zero-order valence-electron chi connectivity index (χ0n) is 11.6. The van der Waals surface area contributed by atoms with Crippen LogP contribution >= 0.6 is 0 Å². The molecule has 0 fully saturated rings. The lowest BCUT2D eigenvalue weighted by Crippen LogP contribution is -1.92. The zero-order valence-corrected chi connectivity index (χ0v) is 11.6. The maximum atomic E-state index is 4.24. The van der Waals surface area contributed by atoms with Gasteiger partial charge in [-0.25, -0.2) is 0 Å². The number of aryl methyl sites for hydroxylation is 2. The SMILES string of the molecule is CCc1ccc(-c2cccc(-c3nnn(C)n3)c2)cc1. The third-order valence-corrected chi connectivity index (χ3v) is 3.32. The maximum absolute atomic E-state index is 4.24. The summed E-state index contributed by atoms with van der Waals surface area (Å²) in [4.78, 5) is 1.47. The van der Waals surface area contributed by atoms with Gasteiger partial charge < -0.3 is 0 Å². The fraction of sp³-hybridized carbons (Fsp3) is 0.188. The van der Waals surface area contributed by atoms with Crippen molar-refractivity contribution in [2.45, 2.75) is 13.3 Å². The first-order valence-electron chi connectivity index (χ1n) is 6.70. The minimum atomic E-state index is 0.652. The molecule has 0 aliphatic rings. The Labute approximate surface area is 118 Å². The highest BCUT2D eigenvalue weighted by Gasteiger charge is 2.06. The van der Waals surface area contributed by atoms with Crippen LogP contribution in [0.2, 0.25) is 0 Å². The Morgan fingerprint density at radius 1 is 0.950 bits per heavy atom. The quantitative estimate of drug-likeness (QED) is 0.730. The highest BCUT2D eigenvalue weighted by molar-refractivity contribution is 5.70. The number of benzene rings is 2. The molecule has 0 saturated carbocycles. The van der Waals surface area contributed by atoms with Gasteiger partial charge in [-0.05, 0) is 34.4 Å². The van der Waals surface area contributed by atoms with E-state index in [4.69, 9.17) is 0 Å². The fourth-order valence-corrected chi connectivity index (χ4v) is 2.17. The first kappa shape index (κ1) is 12.5. The minimum absolute atomic E-state index is 0.652. The predicted octanol–water partition coefficient (Wildman–Crippen LogP) is 3.11. The third kappa shape index (κ3) is 2.45. The fourth-order valence-electron chi connectivity index (χ4n) is 2.17. The lowest BCUT2D eigenvalue weighted by Gasteiger charge is -2.04. The van der Waals surface area contributed by atoms with E-state index in [2.05, 4.69) is 58.7 Å². The normalized spacial score (nSPS) is 10.7. The third-order valence-electron chi connectivity index (χ3n) is 3.32. The first-order chi connectivity index (χ1) is 9.76. The molecule has 4 heteroatoms. The largest absolute Gasteiger partial charge is 0.204 e. The molecule has 4 nitrogen and oxygen atoms in total. The molecule has 0 spiro atoms. The highest BCUT2D eigenvalue weighted by Crippen LogP contribution is 2.24. The second-order valence-corrected chi connectivity index (χ2v) is 4.73. The van der Waals surface area contributed by atoms with Gasteiger partial charge in [0.25, 0.3) is 0 Å². The van der Waals surface area contributed by atoms with E-state index in [1.54, 1.807) is 7.05 Å². The molecule has 3 rings (SSSR count). The van der Waals surface area contributed by atoms with Gasteiger partial charge in [-0.1, -0.05) is 49.4 Å². The summed E-state index contributed by atoms with van der Waals surface area (Å²) in [6.07, 6.45) is 1.06. The summed E-state index contributed by atoms with van der Waals surface area (Å²) >= 11 is 0. The van der Waals surface area contributed by atoms with Crippen molar-refractivity contribution < 1.29 is 0 Å². The van der Waals surface area contributed by atoms with Crippen LogP contribution in [0.4, 0.5) is 0 Å².